The summed E-state index contributed by atoms with van der Waals surface area (Å²) in [5.74, 6) is 0.827. The summed E-state index contributed by atoms with van der Waals surface area (Å²) < 4.78 is 0. The van der Waals surface area contributed by atoms with Crippen LogP contribution in [0.2, 0.25) is 5.02 Å². The van der Waals surface area contributed by atoms with Crippen molar-refractivity contribution in [1.29, 1.82) is 0 Å². The predicted octanol–water partition coefficient (Wildman–Crippen LogP) is 3.70. The summed E-state index contributed by atoms with van der Waals surface area (Å²) >= 11 is 8.28. The van der Waals surface area contributed by atoms with Gasteiger partial charge in [-0.3, -0.25) is 9.69 Å². The molecular formula is C21H28ClN5OS. The number of likely N-dealkylation sites (tertiary alicyclic amines) is 1. The van der Waals surface area contributed by atoms with Crippen LogP contribution >= 0.6 is 22.9 Å². The number of aryl methyl sites for hydroxylation is 1. The fourth-order valence-corrected chi connectivity index (χ4v) is 5.01. The summed E-state index contributed by atoms with van der Waals surface area (Å²) in [7, 11) is 0. The molecule has 2 aliphatic rings. The van der Waals surface area contributed by atoms with Crippen molar-refractivity contribution >= 4 is 34.7 Å². The molecule has 1 amide bonds. The van der Waals surface area contributed by atoms with Crippen LogP contribution in [-0.2, 0) is 13.0 Å². The van der Waals surface area contributed by atoms with Gasteiger partial charge in [-0.2, -0.15) is 0 Å². The highest BCUT2D eigenvalue weighted by Gasteiger charge is 2.23. The number of amides is 1. The second kappa shape index (κ2) is 9.41. The summed E-state index contributed by atoms with van der Waals surface area (Å²) in [6, 6.07) is 1.79. The number of anilines is 1. The molecule has 156 valence electrons. The van der Waals surface area contributed by atoms with Crippen molar-refractivity contribution in [3.05, 3.63) is 38.9 Å². The van der Waals surface area contributed by atoms with Gasteiger partial charge in [0.15, 0.2) is 0 Å². The normalized spacial score (nSPS) is 18.3. The Balaban J connectivity index is 1.35. The monoisotopic (exact) mass is 433 g/mol. The molecule has 0 saturated carbocycles. The number of pyridine rings is 1. The molecule has 2 aromatic rings. The summed E-state index contributed by atoms with van der Waals surface area (Å²) in [6.45, 7) is 8.35. The molecule has 0 unspecified atom stereocenters. The van der Waals surface area contributed by atoms with Crippen molar-refractivity contribution in [1.82, 2.24) is 19.8 Å². The number of nitrogens with zero attached hydrogens (tertiary/aromatic N) is 5. The van der Waals surface area contributed by atoms with Crippen LogP contribution in [0, 0.1) is 0 Å². The molecule has 8 heteroatoms. The molecule has 4 heterocycles. The van der Waals surface area contributed by atoms with Crippen LogP contribution in [0.1, 0.15) is 47.2 Å². The number of thiazole rings is 1. The number of rotatable bonds is 5. The first kappa shape index (κ1) is 20.6. The van der Waals surface area contributed by atoms with E-state index in [2.05, 4.69) is 32.1 Å². The highest BCUT2D eigenvalue weighted by atomic mass is 35.5. The van der Waals surface area contributed by atoms with Gasteiger partial charge in [0.05, 0.1) is 21.3 Å². The molecule has 29 heavy (non-hydrogen) atoms. The number of carbonyl (C=O) groups is 1. The highest BCUT2D eigenvalue weighted by molar-refractivity contribution is 7.09. The Labute approximate surface area is 181 Å². The van der Waals surface area contributed by atoms with Crippen LogP contribution in [0.4, 0.5) is 5.82 Å². The van der Waals surface area contributed by atoms with E-state index in [4.69, 9.17) is 11.6 Å². The van der Waals surface area contributed by atoms with E-state index in [9.17, 15) is 4.79 Å². The smallest absolute Gasteiger partial charge is 0.255 e. The highest BCUT2D eigenvalue weighted by Crippen LogP contribution is 2.26. The minimum absolute atomic E-state index is 0.0465. The fraction of sp³-hybridized carbons (Fsp3) is 0.571. The number of piperazine rings is 1. The molecule has 2 aliphatic heterocycles. The maximum Gasteiger partial charge on any atom is 0.255 e. The maximum atomic E-state index is 12.7. The van der Waals surface area contributed by atoms with Crippen LogP contribution in [-0.4, -0.2) is 64.9 Å². The summed E-state index contributed by atoms with van der Waals surface area (Å²) in [6.07, 6.45) is 6.05. The first-order chi connectivity index (χ1) is 14.1. The number of hydrogen-bond donors (Lipinski definition) is 0. The fourth-order valence-electron chi connectivity index (χ4n) is 3.99. The molecule has 6 nitrogen and oxygen atoms in total. The van der Waals surface area contributed by atoms with Crippen LogP contribution in [0.5, 0.6) is 0 Å². The third kappa shape index (κ3) is 4.90. The summed E-state index contributed by atoms with van der Waals surface area (Å²) in [4.78, 5) is 28.5. The van der Waals surface area contributed by atoms with Crippen molar-refractivity contribution in [3.63, 3.8) is 0 Å². The van der Waals surface area contributed by atoms with Crippen LogP contribution in [0.3, 0.4) is 0 Å². The van der Waals surface area contributed by atoms with Gasteiger partial charge in [0.1, 0.15) is 5.82 Å². The number of piperidine rings is 1. The largest absolute Gasteiger partial charge is 0.353 e. The van der Waals surface area contributed by atoms with E-state index in [1.165, 1.54) is 11.4 Å². The Hall–Kier alpha value is -1.70. The SMILES string of the molecule is CCc1nc(CN2CCN(c3ncc(C(=O)N4CCCCC4)cc3Cl)CC2)cs1. The Morgan fingerprint density at radius 3 is 2.55 bits per heavy atom. The molecule has 0 radical (unpaired) electrons. The third-order valence-electron chi connectivity index (χ3n) is 5.67. The van der Waals surface area contributed by atoms with Gasteiger partial charge in [0.2, 0.25) is 0 Å². The number of carbonyl (C=O) groups excluding carboxylic acids is 1. The van der Waals surface area contributed by atoms with Gasteiger partial charge in [-0.1, -0.05) is 18.5 Å². The van der Waals surface area contributed by atoms with Crippen LogP contribution < -0.4 is 4.90 Å². The summed E-state index contributed by atoms with van der Waals surface area (Å²) in [5.41, 5.74) is 1.76. The topological polar surface area (TPSA) is 52.6 Å². The maximum absolute atomic E-state index is 12.7. The van der Waals surface area contributed by atoms with E-state index in [-0.39, 0.29) is 5.91 Å². The molecule has 2 aromatic heterocycles. The zero-order valence-electron chi connectivity index (χ0n) is 16.9. The van der Waals surface area contributed by atoms with E-state index in [1.807, 2.05) is 4.90 Å². The third-order valence-corrected chi connectivity index (χ3v) is 6.99. The van der Waals surface area contributed by atoms with Gasteiger partial charge in [0, 0.05) is 57.4 Å². The zero-order chi connectivity index (χ0) is 20.2. The number of hydrogen-bond acceptors (Lipinski definition) is 6. The molecule has 2 saturated heterocycles. The van der Waals surface area contributed by atoms with Crippen molar-refractivity contribution < 1.29 is 4.79 Å². The van der Waals surface area contributed by atoms with Gasteiger partial charge in [-0.15, -0.1) is 11.3 Å². The first-order valence-corrected chi connectivity index (χ1v) is 11.7. The second-order valence-corrected chi connectivity index (χ2v) is 9.08. The van der Waals surface area contributed by atoms with E-state index < -0.39 is 0 Å². The summed E-state index contributed by atoms with van der Waals surface area (Å²) in [5, 5.41) is 3.93. The Bertz CT molecular complexity index is 843. The zero-order valence-corrected chi connectivity index (χ0v) is 18.5. The number of aromatic nitrogens is 2. The van der Waals surface area contributed by atoms with Crippen molar-refractivity contribution in [2.75, 3.05) is 44.2 Å². The molecule has 0 atom stereocenters. The van der Waals surface area contributed by atoms with Crippen molar-refractivity contribution in [3.8, 4) is 0 Å². The van der Waals surface area contributed by atoms with E-state index in [1.54, 1.807) is 23.6 Å². The van der Waals surface area contributed by atoms with Gasteiger partial charge in [0.25, 0.3) is 5.91 Å². The standard InChI is InChI=1S/C21H28ClN5OS/c1-2-19-24-17(15-29-19)14-25-8-10-26(11-9-25)20-18(22)12-16(13-23-20)21(28)27-6-4-3-5-7-27/h12-13,15H,2-11,14H2,1H3. The van der Waals surface area contributed by atoms with Crippen molar-refractivity contribution in [2.24, 2.45) is 0 Å². The first-order valence-electron chi connectivity index (χ1n) is 10.5. The van der Waals surface area contributed by atoms with Gasteiger partial charge in [-0.05, 0) is 31.7 Å². The van der Waals surface area contributed by atoms with E-state index in [0.717, 1.165) is 76.6 Å². The molecule has 2 fully saturated rings. The molecule has 0 aromatic carbocycles. The van der Waals surface area contributed by atoms with E-state index >= 15 is 0 Å². The lowest BCUT2D eigenvalue weighted by molar-refractivity contribution is 0.0724. The Morgan fingerprint density at radius 2 is 1.90 bits per heavy atom. The second-order valence-electron chi connectivity index (χ2n) is 7.73. The minimum atomic E-state index is 0.0465. The molecule has 0 bridgehead atoms. The lowest BCUT2D eigenvalue weighted by Gasteiger charge is -2.35. The molecular weight excluding hydrogens is 406 g/mol. The quantitative estimate of drug-likeness (QED) is 0.719. The van der Waals surface area contributed by atoms with Gasteiger partial charge >= 0.3 is 0 Å². The van der Waals surface area contributed by atoms with E-state index in [0.29, 0.717) is 10.6 Å². The minimum Gasteiger partial charge on any atom is -0.353 e. The van der Waals surface area contributed by atoms with Gasteiger partial charge < -0.3 is 9.80 Å². The molecule has 0 N–H and O–H groups in total. The average Bonchev–Trinajstić information content (AvgIpc) is 3.22. The van der Waals surface area contributed by atoms with Crippen LogP contribution in [0.15, 0.2) is 17.6 Å². The predicted molar refractivity (Wildman–Crippen MR) is 118 cm³/mol. The molecule has 0 spiro atoms. The Kier molecular flexibility index (Phi) is 6.67. The Morgan fingerprint density at radius 1 is 1.14 bits per heavy atom. The number of halogens is 1. The van der Waals surface area contributed by atoms with Gasteiger partial charge in [-0.25, -0.2) is 9.97 Å². The average molecular weight is 434 g/mol. The van der Waals surface area contributed by atoms with Crippen molar-refractivity contribution in [2.45, 2.75) is 39.2 Å². The lowest BCUT2D eigenvalue weighted by Crippen LogP contribution is -2.46. The molecule has 4 rings (SSSR count). The molecule has 0 aliphatic carbocycles. The lowest BCUT2D eigenvalue weighted by atomic mass is 10.1. The van der Waals surface area contributed by atoms with Crippen LogP contribution in [0.25, 0.3) is 0 Å².